The number of likely N-dealkylation sites (tertiary alicyclic amines) is 1. The molecule has 2 amide bonds. The summed E-state index contributed by atoms with van der Waals surface area (Å²) in [6.07, 6.45) is 1.17. The van der Waals surface area contributed by atoms with Gasteiger partial charge in [0.2, 0.25) is 5.91 Å². The molecule has 1 heterocycles. The van der Waals surface area contributed by atoms with Gasteiger partial charge in [-0.1, -0.05) is 42.5 Å². The van der Waals surface area contributed by atoms with Crippen molar-refractivity contribution in [3.63, 3.8) is 0 Å². The topological polar surface area (TPSA) is 99.1 Å². The zero-order valence-corrected chi connectivity index (χ0v) is 19.7. The third-order valence-electron chi connectivity index (χ3n) is 6.09. The van der Waals surface area contributed by atoms with Crippen molar-refractivity contribution in [2.75, 3.05) is 26.8 Å². The van der Waals surface area contributed by atoms with E-state index < -0.39 is 10.8 Å². The molecule has 1 aliphatic heterocycles. The number of rotatable bonds is 10. The SMILES string of the molecule is COc1ccc(CSC2(C(=O)NC(CCCO)c3ccccc3)CCN(C(=O)O)CC2)cc1. The Kier molecular flexibility index (Phi) is 9.03. The molecule has 7 nitrogen and oxygen atoms in total. The van der Waals surface area contributed by atoms with Crippen molar-refractivity contribution in [3.8, 4) is 5.75 Å². The van der Waals surface area contributed by atoms with Gasteiger partial charge in [0.25, 0.3) is 0 Å². The molecule has 33 heavy (non-hydrogen) atoms. The molecule has 3 N–H and O–H groups in total. The van der Waals surface area contributed by atoms with Gasteiger partial charge in [-0.15, -0.1) is 11.8 Å². The van der Waals surface area contributed by atoms with E-state index in [-0.39, 0.29) is 18.6 Å². The maximum Gasteiger partial charge on any atom is 0.407 e. The van der Waals surface area contributed by atoms with Gasteiger partial charge < -0.3 is 25.2 Å². The van der Waals surface area contributed by atoms with Crippen LogP contribution in [0.25, 0.3) is 0 Å². The second-order valence-corrected chi connectivity index (χ2v) is 9.56. The Labute approximate surface area is 199 Å². The maximum absolute atomic E-state index is 13.7. The van der Waals surface area contributed by atoms with Crippen LogP contribution >= 0.6 is 11.8 Å². The summed E-state index contributed by atoms with van der Waals surface area (Å²) >= 11 is 1.57. The third-order valence-corrected chi connectivity index (χ3v) is 7.71. The van der Waals surface area contributed by atoms with Crippen LogP contribution in [-0.2, 0) is 10.5 Å². The predicted molar refractivity (Wildman–Crippen MR) is 129 cm³/mol. The highest BCUT2D eigenvalue weighted by Crippen LogP contribution is 2.39. The molecule has 0 radical (unpaired) electrons. The first-order valence-corrected chi connectivity index (χ1v) is 12.2. The molecule has 0 bridgehead atoms. The number of hydrogen-bond acceptors (Lipinski definition) is 5. The minimum absolute atomic E-state index is 0.0597. The van der Waals surface area contributed by atoms with E-state index in [0.29, 0.717) is 44.5 Å². The molecule has 178 valence electrons. The number of hydrogen-bond donors (Lipinski definition) is 3. The molecule has 8 heteroatoms. The second kappa shape index (κ2) is 12.0. The van der Waals surface area contributed by atoms with Gasteiger partial charge in [-0.3, -0.25) is 4.79 Å². The van der Waals surface area contributed by atoms with Gasteiger partial charge in [0.05, 0.1) is 17.9 Å². The van der Waals surface area contributed by atoms with Gasteiger partial charge in [-0.2, -0.15) is 0 Å². The molecule has 3 rings (SSSR count). The van der Waals surface area contributed by atoms with Crippen molar-refractivity contribution < 1.29 is 24.5 Å². The van der Waals surface area contributed by atoms with E-state index in [2.05, 4.69) is 5.32 Å². The third kappa shape index (κ3) is 6.65. The molecule has 0 saturated carbocycles. The molecule has 1 saturated heterocycles. The highest BCUT2D eigenvalue weighted by atomic mass is 32.2. The van der Waals surface area contributed by atoms with Crippen LogP contribution in [0.5, 0.6) is 5.75 Å². The predicted octanol–water partition coefficient (Wildman–Crippen LogP) is 4.07. The lowest BCUT2D eigenvalue weighted by atomic mass is 9.93. The fourth-order valence-electron chi connectivity index (χ4n) is 4.03. The summed E-state index contributed by atoms with van der Waals surface area (Å²) in [5.41, 5.74) is 2.08. The van der Waals surface area contributed by atoms with Crippen LogP contribution in [0.15, 0.2) is 54.6 Å². The molecule has 1 atom stereocenters. The van der Waals surface area contributed by atoms with E-state index in [4.69, 9.17) is 4.74 Å². The van der Waals surface area contributed by atoms with Crippen molar-refractivity contribution in [1.29, 1.82) is 0 Å². The normalized spacial score (nSPS) is 16.1. The Bertz CT molecular complexity index is 899. The lowest BCUT2D eigenvalue weighted by molar-refractivity contribution is -0.125. The number of methoxy groups -OCH3 is 1. The summed E-state index contributed by atoms with van der Waals surface area (Å²) in [6, 6.07) is 17.3. The van der Waals surface area contributed by atoms with Crippen LogP contribution in [0.3, 0.4) is 0 Å². The van der Waals surface area contributed by atoms with E-state index >= 15 is 0 Å². The summed E-state index contributed by atoms with van der Waals surface area (Å²) in [5, 5.41) is 21.9. The fourth-order valence-corrected chi connectivity index (χ4v) is 5.33. The first-order valence-electron chi connectivity index (χ1n) is 11.2. The molecule has 1 aliphatic rings. The molecule has 1 fully saturated rings. The van der Waals surface area contributed by atoms with E-state index in [1.54, 1.807) is 18.9 Å². The Morgan fingerprint density at radius 3 is 2.36 bits per heavy atom. The minimum atomic E-state index is -0.950. The second-order valence-electron chi connectivity index (χ2n) is 8.20. The molecule has 0 spiro atoms. The zero-order chi connectivity index (χ0) is 23.7. The number of carbonyl (C=O) groups is 2. The van der Waals surface area contributed by atoms with Crippen LogP contribution < -0.4 is 10.1 Å². The van der Waals surface area contributed by atoms with Gasteiger partial charge in [0, 0.05) is 25.4 Å². The van der Waals surface area contributed by atoms with E-state index in [9.17, 15) is 19.8 Å². The number of ether oxygens (including phenoxy) is 1. The monoisotopic (exact) mass is 472 g/mol. The number of aliphatic hydroxyl groups is 1. The summed E-state index contributed by atoms with van der Waals surface area (Å²) in [7, 11) is 1.62. The first-order chi connectivity index (χ1) is 16.0. The van der Waals surface area contributed by atoms with Crippen LogP contribution in [0.1, 0.15) is 42.9 Å². The summed E-state index contributed by atoms with van der Waals surface area (Å²) in [5.74, 6) is 1.34. The maximum atomic E-state index is 13.7. The van der Waals surface area contributed by atoms with E-state index in [1.807, 2.05) is 54.6 Å². The Balaban J connectivity index is 1.78. The summed E-state index contributed by atoms with van der Waals surface area (Å²) in [6.45, 7) is 0.708. The smallest absolute Gasteiger partial charge is 0.407 e. The molecular weight excluding hydrogens is 440 g/mol. The highest BCUT2D eigenvalue weighted by Gasteiger charge is 2.43. The number of nitrogens with one attached hydrogen (secondary N) is 1. The number of benzene rings is 2. The molecule has 2 aromatic carbocycles. The number of amides is 2. The number of thioether (sulfide) groups is 1. The fraction of sp³-hybridized carbons (Fsp3) is 0.440. The highest BCUT2D eigenvalue weighted by molar-refractivity contribution is 8.00. The number of nitrogens with zero attached hydrogens (tertiary/aromatic N) is 1. The van der Waals surface area contributed by atoms with Crippen molar-refractivity contribution >= 4 is 23.8 Å². The average Bonchev–Trinajstić information content (AvgIpc) is 2.86. The molecule has 2 aromatic rings. The van der Waals surface area contributed by atoms with Crippen LogP contribution in [-0.4, -0.2) is 58.7 Å². The Hall–Kier alpha value is -2.71. The van der Waals surface area contributed by atoms with Crippen molar-refractivity contribution in [2.45, 2.75) is 42.2 Å². The zero-order valence-electron chi connectivity index (χ0n) is 18.9. The van der Waals surface area contributed by atoms with E-state index in [1.165, 1.54) is 4.90 Å². The lowest BCUT2D eigenvalue weighted by Crippen LogP contribution is -2.53. The van der Waals surface area contributed by atoms with Gasteiger partial charge in [0.15, 0.2) is 0 Å². The van der Waals surface area contributed by atoms with Crippen molar-refractivity contribution in [3.05, 3.63) is 65.7 Å². The van der Waals surface area contributed by atoms with E-state index in [0.717, 1.165) is 16.9 Å². The largest absolute Gasteiger partial charge is 0.497 e. The van der Waals surface area contributed by atoms with Gasteiger partial charge in [-0.25, -0.2) is 4.79 Å². The lowest BCUT2D eigenvalue weighted by Gasteiger charge is -2.40. The number of piperidine rings is 1. The minimum Gasteiger partial charge on any atom is -0.497 e. The Morgan fingerprint density at radius 2 is 1.79 bits per heavy atom. The molecule has 0 aromatic heterocycles. The first kappa shape index (κ1) is 24.9. The number of carboxylic acid groups (broad SMARTS) is 1. The quantitative estimate of drug-likeness (QED) is 0.482. The molecule has 0 aliphatic carbocycles. The van der Waals surface area contributed by atoms with Crippen LogP contribution in [0, 0.1) is 0 Å². The summed E-state index contributed by atoms with van der Waals surface area (Å²) in [4.78, 5) is 26.5. The molecular formula is C25H32N2O5S. The Morgan fingerprint density at radius 1 is 1.12 bits per heavy atom. The van der Waals surface area contributed by atoms with Crippen LogP contribution in [0.4, 0.5) is 4.79 Å². The number of carbonyl (C=O) groups excluding carboxylic acids is 1. The summed E-state index contributed by atoms with van der Waals surface area (Å²) < 4.78 is 4.50. The van der Waals surface area contributed by atoms with Gasteiger partial charge >= 0.3 is 6.09 Å². The van der Waals surface area contributed by atoms with Crippen molar-refractivity contribution in [2.24, 2.45) is 0 Å². The van der Waals surface area contributed by atoms with Crippen molar-refractivity contribution in [1.82, 2.24) is 10.2 Å². The van der Waals surface area contributed by atoms with Gasteiger partial charge in [-0.05, 0) is 48.9 Å². The number of aliphatic hydroxyl groups excluding tert-OH is 1. The van der Waals surface area contributed by atoms with Crippen LogP contribution in [0.2, 0.25) is 0 Å². The standard InChI is InChI=1S/C25H32N2O5S/c1-32-21-11-9-19(10-12-21)18-33-25(13-15-27(16-14-25)24(30)31)23(29)26-22(8-5-17-28)20-6-3-2-4-7-20/h2-4,6-7,9-12,22,28H,5,8,13-18H2,1H3,(H,26,29)(H,30,31). The average molecular weight is 473 g/mol. The molecule has 1 unspecified atom stereocenters. The van der Waals surface area contributed by atoms with Gasteiger partial charge in [0.1, 0.15) is 5.75 Å².